The van der Waals surface area contributed by atoms with E-state index in [1.165, 1.54) is 13.3 Å². The van der Waals surface area contributed by atoms with E-state index in [0.717, 1.165) is 0 Å². The number of rotatable bonds is 2. The zero-order valence-corrected chi connectivity index (χ0v) is 10.3. The monoisotopic (exact) mass is 357 g/mol. The van der Waals surface area contributed by atoms with Crippen LogP contribution in [0.2, 0.25) is 0 Å². The van der Waals surface area contributed by atoms with Gasteiger partial charge >= 0.3 is 5.97 Å². The van der Waals surface area contributed by atoms with Crippen LogP contribution in [0.5, 0.6) is 0 Å². The van der Waals surface area contributed by atoms with Gasteiger partial charge in [-0.2, -0.15) is 0 Å². The number of nitrogens with one attached hydrogen (secondary N) is 1. The minimum atomic E-state index is -0.520. The number of carbonyl (C=O) groups is 1. The number of hydrogen-bond acceptors (Lipinski definition) is 5. The maximum Gasteiger partial charge on any atom is 0.360 e. The third-order valence-electron chi connectivity index (χ3n) is 1.21. The molecule has 0 atom stereocenters. The maximum absolute atomic E-state index is 11.2. The predicted octanol–water partition coefficient (Wildman–Crippen LogP) is 1.79. The van der Waals surface area contributed by atoms with Crippen LogP contribution in [0.3, 0.4) is 0 Å². The van der Waals surface area contributed by atoms with Crippen LogP contribution in [0.15, 0.2) is 10.8 Å². The normalized spacial score (nSPS) is 9.46. The summed E-state index contributed by atoms with van der Waals surface area (Å²) in [6.45, 7) is 0. The van der Waals surface area contributed by atoms with Gasteiger partial charge in [0.1, 0.15) is 4.60 Å². The number of anilines is 1. The summed E-state index contributed by atoms with van der Waals surface area (Å²) in [5, 5.41) is 0. The molecule has 0 saturated carbocycles. The summed E-state index contributed by atoms with van der Waals surface area (Å²) in [5.74, 6) is -0.136. The third kappa shape index (κ3) is 2.50. The zero-order chi connectivity index (χ0) is 9.84. The van der Waals surface area contributed by atoms with Gasteiger partial charge in [0, 0.05) is 0 Å². The second-order valence-corrected chi connectivity index (χ2v) is 3.33. The van der Waals surface area contributed by atoms with Crippen LogP contribution in [-0.4, -0.2) is 23.0 Å². The van der Waals surface area contributed by atoms with Crippen LogP contribution in [0, 0.1) is 0 Å². The summed E-state index contributed by atoms with van der Waals surface area (Å²) in [5.41, 5.74) is 0.159. The van der Waals surface area contributed by atoms with E-state index in [0.29, 0.717) is 10.4 Å². The first kappa shape index (κ1) is 10.6. The first-order chi connectivity index (χ1) is 6.19. The Morgan fingerprint density at radius 3 is 3.00 bits per heavy atom. The van der Waals surface area contributed by atoms with Gasteiger partial charge in [-0.05, 0) is 15.9 Å². The molecule has 0 amide bonds. The molecule has 1 aromatic rings. The molecule has 0 bridgehead atoms. The number of methoxy groups -OCH3 is 1. The van der Waals surface area contributed by atoms with Gasteiger partial charge in [-0.25, -0.2) is 14.8 Å². The second kappa shape index (κ2) is 4.70. The van der Waals surface area contributed by atoms with Crippen molar-refractivity contribution in [2.45, 2.75) is 0 Å². The molecule has 0 aliphatic heterocycles. The van der Waals surface area contributed by atoms with Gasteiger partial charge in [-0.3, -0.25) is 0 Å². The number of nitrogens with zero attached hydrogens (tertiary/aromatic N) is 2. The molecule has 1 rings (SSSR count). The van der Waals surface area contributed by atoms with Crippen LogP contribution in [0.25, 0.3) is 0 Å². The Kier molecular flexibility index (Phi) is 3.85. The summed E-state index contributed by atoms with van der Waals surface area (Å²) in [7, 11) is 1.29. The Morgan fingerprint density at radius 2 is 2.46 bits per heavy atom. The Balaban J connectivity index is 3.15. The summed E-state index contributed by atoms with van der Waals surface area (Å²) >= 11 is 4.98. The van der Waals surface area contributed by atoms with Crippen LogP contribution in [-0.2, 0) is 4.74 Å². The van der Waals surface area contributed by atoms with Gasteiger partial charge < -0.3 is 8.27 Å². The topological polar surface area (TPSA) is 64.1 Å². The van der Waals surface area contributed by atoms with Gasteiger partial charge in [0.2, 0.25) is 0 Å². The Morgan fingerprint density at radius 1 is 1.77 bits per heavy atom. The van der Waals surface area contributed by atoms with E-state index in [1.54, 1.807) is 0 Å². The zero-order valence-electron chi connectivity index (χ0n) is 6.54. The van der Waals surface area contributed by atoms with Gasteiger partial charge in [-0.1, -0.05) is 0 Å². The highest BCUT2D eigenvalue weighted by Gasteiger charge is 2.14. The summed E-state index contributed by atoms with van der Waals surface area (Å²) < 4.78 is 7.73. The Bertz CT molecular complexity index is 334. The Labute approximate surface area is 96.9 Å². The van der Waals surface area contributed by atoms with Crippen molar-refractivity contribution < 1.29 is 9.53 Å². The summed E-state index contributed by atoms with van der Waals surface area (Å²) in [4.78, 5) is 19.0. The maximum atomic E-state index is 11.2. The molecule has 70 valence electrons. The molecule has 0 spiro atoms. The molecule has 1 aromatic heterocycles. The van der Waals surface area contributed by atoms with E-state index in [1.807, 2.05) is 22.9 Å². The lowest BCUT2D eigenvalue weighted by atomic mass is 10.4. The molecule has 0 saturated heterocycles. The van der Waals surface area contributed by atoms with E-state index in [9.17, 15) is 4.79 Å². The van der Waals surface area contributed by atoms with Crippen molar-refractivity contribution in [1.29, 1.82) is 0 Å². The highest BCUT2D eigenvalue weighted by Crippen LogP contribution is 2.15. The molecule has 0 radical (unpaired) electrons. The van der Waals surface area contributed by atoms with Crippen LogP contribution in [0.4, 0.5) is 5.82 Å². The standard InChI is InChI=1S/C6H5BrIN3O2/c1-13-6(12)4-5(11-8)9-2-3(7)10-4/h2H,1H3,(H,9,11). The molecule has 0 unspecified atom stereocenters. The molecule has 1 heterocycles. The van der Waals surface area contributed by atoms with E-state index in [4.69, 9.17) is 0 Å². The summed E-state index contributed by atoms with van der Waals surface area (Å²) in [6.07, 6.45) is 1.49. The molecule has 5 nitrogen and oxygen atoms in total. The van der Waals surface area contributed by atoms with E-state index in [-0.39, 0.29) is 5.69 Å². The van der Waals surface area contributed by atoms with E-state index < -0.39 is 5.97 Å². The fraction of sp³-hybridized carbons (Fsp3) is 0.167. The average molecular weight is 358 g/mol. The molecule has 13 heavy (non-hydrogen) atoms. The molecular weight excluding hydrogens is 353 g/mol. The number of esters is 1. The first-order valence-electron chi connectivity index (χ1n) is 3.16. The third-order valence-corrected chi connectivity index (χ3v) is 2.10. The van der Waals surface area contributed by atoms with E-state index >= 15 is 0 Å². The van der Waals surface area contributed by atoms with Gasteiger partial charge in [0.25, 0.3) is 0 Å². The lowest BCUT2D eigenvalue weighted by Crippen LogP contribution is -2.08. The van der Waals surface area contributed by atoms with Crippen molar-refractivity contribution >= 4 is 50.6 Å². The van der Waals surface area contributed by atoms with Crippen molar-refractivity contribution in [3.63, 3.8) is 0 Å². The van der Waals surface area contributed by atoms with Crippen molar-refractivity contribution in [3.05, 3.63) is 16.5 Å². The number of hydrogen-bond donors (Lipinski definition) is 1. The second-order valence-electron chi connectivity index (χ2n) is 1.98. The molecule has 7 heteroatoms. The molecular formula is C6H5BrIN3O2. The number of aromatic nitrogens is 2. The highest BCUT2D eigenvalue weighted by molar-refractivity contribution is 14.1. The smallest absolute Gasteiger partial charge is 0.360 e. The van der Waals surface area contributed by atoms with E-state index in [2.05, 4.69) is 34.2 Å². The minimum Gasteiger partial charge on any atom is -0.464 e. The van der Waals surface area contributed by atoms with Crippen LogP contribution >= 0.6 is 38.8 Å². The predicted molar refractivity (Wildman–Crippen MR) is 58.7 cm³/mol. The number of halogens is 2. The SMILES string of the molecule is COC(=O)c1nc(Br)cnc1NI. The van der Waals surface area contributed by atoms with Gasteiger partial charge in [0.15, 0.2) is 11.5 Å². The van der Waals surface area contributed by atoms with Crippen molar-refractivity contribution in [2.75, 3.05) is 10.6 Å². The number of ether oxygens (including phenoxy) is 1. The minimum absolute atomic E-state index is 0.159. The van der Waals surface area contributed by atoms with Gasteiger partial charge in [0.05, 0.1) is 36.2 Å². The fourth-order valence-corrected chi connectivity index (χ4v) is 1.35. The fourth-order valence-electron chi connectivity index (χ4n) is 0.676. The van der Waals surface area contributed by atoms with Gasteiger partial charge in [-0.15, -0.1) is 0 Å². The van der Waals surface area contributed by atoms with Crippen LogP contribution in [0.1, 0.15) is 10.5 Å². The summed E-state index contributed by atoms with van der Waals surface area (Å²) in [6, 6.07) is 0. The van der Waals surface area contributed by atoms with Crippen molar-refractivity contribution in [1.82, 2.24) is 9.97 Å². The molecule has 0 aromatic carbocycles. The average Bonchev–Trinajstić information content (AvgIpc) is 2.16. The highest BCUT2D eigenvalue weighted by atomic mass is 127. The molecule has 0 aliphatic rings. The molecule has 1 N–H and O–H groups in total. The Hall–Kier alpha value is -0.440. The molecule has 0 fully saturated rings. The quantitative estimate of drug-likeness (QED) is 0.496. The molecule has 0 aliphatic carbocycles. The van der Waals surface area contributed by atoms with Crippen molar-refractivity contribution in [3.8, 4) is 0 Å². The van der Waals surface area contributed by atoms with Crippen LogP contribution < -0.4 is 3.53 Å². The number of carbonyl (C=O) groups excluding carboxylic acids is 1. The largest absolute Gasteiger partial charge is 0.464 e. The van der Waals surface area contributed by atoms with Crippen molar-refractivity contribution in [2.24, 2.45) is 0 Å². The lowest BCUT2D eigenvalue weighted by molar-refractivity contribution is 0.0594. The lowest BCUT2D eigenvalue weighted by Gasteiger charge is -2.03. The first-order valence-corrected chi connectivity index (χ1v) is 5.03.